The van der Waals surface area contributed by atoms with Crippen molar-refractivity contribution in [3.05, 3.63) is 10.6 Å². The molecular formula is C12H19N3O4S. The summed E-state index contributed by atoms with van der Waals surface area (Å²) in [4.78, 5) is 12.8. The molecule has 2 rings (SSSR count). The van der Waals surface area contributed by atoms with Crippen LogP contribution in [0.25, 0.3) is 0 Å². The first-order chi connectivity index (χ1) is 9.76. The van der Waals surface area contributed by atoms with Gasteiger partial charge in [0.1, 0.15) is 11.0 Å². The monoisotopic (exact) mass is 301 g/mol. The van der Waals surface area contributed by atoms with Crippen molar-refractivity contribution in [3.63, 3.8) is 0 Å². The molecule has 2 heterocycles. The Labute approximate surface area is 121 Å². The third-order valence-corrected chi connectivity index (χ3v) is 3.91. The lowest BCUT2D eigenvalue weighted by Gasteiger charge is -2.31. The average molecular weight is 301 g/mol. The average Bonchev–Trinajstić information content (AvgIpc) is 2.95. The van der Waals surface area contributed by atoms with Crippen LogP contribution in [0.5, 0.6) is 0 Å². The highest BCUT2D eigenvalue weighted by Crippen LogP contribution is 2.15. The van der Waals surface area contributed by atoms with Crippen LogP contribution in [0, 0.1) is 0 Å². The van der Waals surface area contributed by atoms with Crippen LogP contribution in [-0.4, -0.2) is 59.2 Å². The predicted octanol–water partition coefficient (Wildman–Crippen LogP) is -0.00330. The van der Waals surface area contributed by atoms with Crippen molar-refractivity contribution in [2.75, 3.05) is 26.4 Å². The van der Waals surface area contributed by atoms with Gasteiger partial charge >= 0.3 is 0 Å². The number of carbonyl (C=O) groups excluding carboxylic acids is 1. The van der Waals surface area contributed by atoms with Gasteiger partial charge in [-0.25, -0.2) is 0 Å². The van der Waals surface area contributed by atoms with Gasteiger partial charge in [-0.05, 0) is 24.4 Å². The Kier molecular flexibility index (Phi) is 5.84. The number of ether oxygens (including phenoxy) is 2. The number of aromatic nitrogens is 2. The largest absolute Gasteiger partial charge is 0.394 e. The van der Waals surface area contributed by atoms with Gasteiger partial charge in [-0.1, -0.05) is 11.4 Å². The third-order valence-electron chi connectivity index (χ3n) is 3.14. The van der Waals surface area contributed by atoms with Crippen LogP contribution < -0.4 is 5.32 Å². The molecule has 0 saturated carbocycles. The summed E-state index contributed by atoms with van der Waals surface area (Å²) < 4.78 is 14.7. The van der Waals surface area contributed by atoms with Gasteiger partial charge < -0.3 is 19.9 Å². The topological polar surface area (TPSA) is 93.6 Å². The Morgan fingerprint density at radius 3 is 3.25 bits per heavy atom. The van der Waals surface area contributed by atoms with Crippen LogP contribution in [0.3, 0.4) is 0 Å². The molecule has 20 heavy (non-hydrogen) atoms. The van der Waals surface area contributed by atoms with Crippen molar-refractivity contribution in [3.8, 4) is 0 Å². The minimum Gasteiger partial charge on any atom is -0.394 e. The Balaban J connectivity index is 1.97. The molecule has 2 atom stereocenters. The van der Waals surface area contributed by atoms with Gasteiger partial charge in [-0.15, -0.1) is 5.10 Å². The minimum atomic E-state index is -0.231. The van der Waals surface area contributed by atoms with Crippen LogP contribution in [0.4, 0.5) is 0 Å². The summed E-state index contributed by atoms with van der Waals surface area (Å²) in [5, 5.41) is 15.7. The normalized spacial score (nSPS) is 22.7. The van der Waals surface area contributed by atoms with Gasteiger partial charge in [0.15, 0.2) is 0 Å². The molecule has 1 aromatic rings. The van der Waals surface area contributed by atoms with E-state index in [0.29, 0.717) is 36.6 Å². The van der Waals surface area contributed by atoms with E-state index in [9.17, 15) is 4.79 Å². The summed E-state index contributed by atoms with van der Waals surface area (Å²) in [5.41, 5.74) is 0.715. The maximum Gasteiger partial charge on any atom is 0.265 e. The second kappa shape index (κ2) is 7.63. The van der Waals surface area contributed by atoms with E-state index in [1.54, 1.807) is 0 Å². The summed E-state index contributed by atoms with van der Waals surface area (Å²) >= 11 is 1.10. The molecule has 0 bridgehead atoms. The molecule has 0 aromatic carbocycles. The molecule has 0 radical (unpaired) electrons. The highest BCUT2D eigenvalue weighted by Gasteiger charge is 2.29. The van der Waals surface area contributed by atoms with Crippen molar-refractivity contribution < 1.29 is 19.4 Å². The molecule has 1 fully saturated rings. The molecule has 0 spiro atoms. The van der Waals surface area contributed by atoms with Gasteiger partial charge in [0.2, 0.25) is 0 Å². The van der Waals surface area contributed by atoms with E-state index >= 15 is 0 Å². The number of aryl methyl sites for hydroxylation is 1. The fourth-order valence-corrected chi connectivity index (χ4v) is 2.75. The molecule has 7 nitrogen and oxygen atoms in total. The number of aliphatic hydroxyl groups is 1. The van der Waals surface area contributed by atoms with E-state index in [0.717, 1.165) is 11.5 Å². The van der Waals surface area contributed by atoms with Crippen molar-refractivity contribution >= 4 is 17.4 Å². The van der Waals surface area contributed by atoms with Crippen molar-refractivity contribution in [2.24, 2.45) is 0 Å². The van der Waals surface area contributed by atoms with Gasteiger partial charge in [0.05, 0.1) is 31.6 Å². The second-order valence-corrected chi connectivity index (χ2v) is 5.23. The highest BCUT2D eigenvalue weighted by atomic mass is 32.1. The van der Waals surface area contributed by atoms with Crippen LogP contribution >= 0.6 is 11.5 Å². The first-order valence-corrected chi connectivity index (χ1v) is 7.45. The van der Waals surface area contributed by atoms with E-state index in [1.165, 1.54) is 0 Å². The molecule has 1 aromatic heterocycles. The number of hydrogen-bond donors (Lipinski definition) is 2. The van der Waals surface area contributed by atoms with E-state index in [2.05, 4.69) is 14.9 Å². The Bertz CT molecular complexity index is 440. The lowest BCUT2D eigenvalue weighted by Crippen LogP contribution is -2.50. The Hall–Kier alpha value is -1.09. The zero-order valence-corrected chi connectivity index (χ0v) is 12.2. The zero-order valence-electron chi connectivity index (χ0n) is 11.4. The molecule has 0 aliphatic carbocycles. The van der Waals surface area contributed by atoms with E-state index in [-0.39, 0.29) is 31.3 Å². The number of nitrogens with one attached hydrogen (secondary N) is 1. The van der Waals surface area contributed by atoms with E-state index in [4.69, 9.17) is 14.6 Å². The lowest BCUT2D eigenvalue weighted by atomic mass is 10.1. The van der Waals surface area contributed by atoms with Crippen LogP contribution in [0.2, 0.25) is 0 Å². The Morgan fingerprint density at radius 1 is 1.65 bits per heavy atom. The van der Waals surface area contributed by atoms with Crippen molar-refractivity contribution in [1.82, 2.24) is 14.9 Å². The molecule has 112 valence electrons. The van der Waals surface area contributed by atoms with Gasteiger partial charge in [-0.2, -0.15) is 0 Å². The maximum atomic E-state index is 12.2. The molecule has 1 amide bonds. The number of hydrogen-bond acceptors (Lipinski definition) is 7. The molecule has 8 heteroatoms. The molecule has 1 aliphatic heterocycles. The van der Waals surface area contributed by atoms with Crippen LogP contribution in [0.15, 0.2) is 0 Å². The number of nitrogens with zero attached hydrogens (tertiary/aromatic N) is 2. The number of amides is 1. The first kappa shape index (κ1) is 15.3. The maximum absolute atomic E-state index is 12.2. The van der Waals surface area contributed by atoms with Crippen LogP contribution in [-0.2, 0) is 15.9 Å². The predicted molar refractivity (Wildman–Crippen MR) is 72.8 cm³/mol. The molecular weight excluding hydrogens is 282 g/mol. The summed E-state index contributed by atoms with van der Waals surface area (Å²) in [6.45, 7) is 3.14. The molecule has 0 unspecified atom stereocenters. The first-order valence-electron chi connectivity index (χ1n) is 6.68. The van der Waals surface area contributed by atoms with Gasteiger partial charge in [-0.3, -0.25) is 4.79 Å². The van der Waals surface area contributed by atoms with Crippen molar-refractivity contribution in [2.45, 2.75) is 31.9 Å². The van der Waals surface area contributed by atoms with Gasteiger partial charge in [0, 0.05) is 6.61 Å². The summed E-state index contributed by atoms with van der Waals surface area (Å²) in [6.07, 6.45) is 1.14. The van der Waals surface area contributed by atoms with Gasteiger partial charge in [0.25, 0.3) is 5.91 Å². The third kappa shape index (κ3) is 3.72. The smallest absolute Gasteiger partial charge is 0.265 e. The molecule has 2 N–H and O–H groups in total. The second-order valence-electron chi connectivity index (χ2n) is 4.48. The van der Waals surface area contributed by atoms with E-state index in [1.807, 2.05) is 6.92 Å². The quantitative estimate of drug-likeness (QED) is 0.768. The zero-order chi connectivity index (χ0) is 14.4. The number of rotatable bonds is 6. The minimum absolute atomic E-state index is 0.0457. The number of aliphatic hydroxyl groups excluding tert-OH is 1. The standard InChI is InChI=1S/C12H19N3O4S/c1-2-8-11(20-15-14-8)12(17)13-9-3-5-18-7-10(9)19-6-4-16/h9-10,16H,2-7H2,1H3,(H,13,17)/t9-,10-/m1/s1. The molecule has 1 saturated heterocycles. The summed E-state index contributed by atoms with van der Waals surface area (Å²) in [7, 11) is 0. The fraction of sp³-hybridized carbons (Fsp3) is 0.750. The lowest BCUT2D eigenvalue weighted by molar-refractivity contribution is -0.0737. The SMILES string of the molecule is CCc1nnsc1C(=O)N[C@@H]1CCOC[C@H]1OCCO. The van der Waals surface area contributed by atoms with Crippen molar-refractivity contribution in [1.29, 1.82) is 0 Å². The molecule has 1 aliphatic rings. The Morgan fingerprint density at radius 2 is 2.50 bits per heavy atom. The highest BCUT2D eigenvalue weighted by molar-refractivity contribution is 7.08. The number of carbonyl (C=O) groups is 1. The summed E-state index contributed by atoms with van der Waals surface area (Å²) in [5.74, 6) is -0.165. The van der Waals surface area contributed by atoms with Crippen LogP contribution in [0.1, 0.15) is 28.7 Å². The summed E-state index contributed by atoms with van der Waals surface area (Å²) in [6, 6.07) is -0.116. The fourth-order valence-electron chi connectivity index (χ4n) is 2.09. The van der Waals surface area contributed by atoms with E-state index < -0.39 is 0 Å².